The van der Waals surface area contributed by atoms with E-state index in [1.54, 1.807) is 18.4 Å². The molecule has 0 aliphatic rings. The van der Waals surface area contributed by atoms with Crippen molar-refractivity contribution in [2.45, 2.75) is 46.6 Å². The molecular weight excluding hydrogens is 378 g/mol. The highest BCUT2D eigenvalue weighted by Crippen LogP contribution is 2.21. The van der Waals surface area contributed by atoms with Crippen LogP contribution in [0.4, 0.5) is 0 Å². The van der Waals surface area contributed by atoms with E-state index in [0.717, 1.165) is 23.4 Å². The van der Waals surface area contributed by atoms with Gasteiger partial charge in [0.05, 0.1) is 6.54 Å². The van der Waals surface area contributed by atoms with E-state index in [9.17, 15) is 9.59 Å². The van der Waals surface area contributed by atoms with Crippen LogP contribution in [-0.2, 0) is 20.0 Å². The summed E-state index contributed by atoms with van der Waals surface area (Å²) in [5.74, 6) is 0.615. The van der Waals surface area contributed by atoms with Crippen LogP contribution in [0.15, 0.2) is 52.2 Å². The van der Waals surface area contributed by atoms with Crippen molar-refractivity contribution in [1.82, 2.24) is 23.1 Å². The summed E-state index contributed by atoms with van der Waals surface area (Å²) in [7, 11) is 1.64. The van der Waals surface area contributed by atoms with Crippen molar-refractivity contribution in [3.8, 4) is 5.69 Å². The summed E-state index contributed by atoms with van der Waals surface area (Å²) in [6, 6.07) is 8.43. The Morgan fingerprint density at radius 1 is 1.17 bits per heavy atom. The van der Waals surface area contributed by atoms with Gasteiger partial charge in [0.2, 0.25) is 5.78 Å². The van der Waals surface area contributed by atoms with Crippen LogP contribution in [0.25, 0.3) is 22.6 Å². The minimum atomic E-state index is -0.389. The number of allylic oxidation sites excluding steroid dienone is 1. The van der Waals surface area contributed by atoms with Crippen LogP contribution in [0.5, 0.6) is 0 Å². The molecule has 3 heterocycles. The molecule has 0 saturated carbocycles. The number of hydrogen-bond acceptors (Lipinski definition) is 3. The molecule has 30 heavy (non-hydrogen) atoms. The van der Waals surface area contributed by atoms with Crippen LogP contribution in [0.1, 0.15) is 37.9 Å². The topological polar surface area (TPSA) is 66.2 Å². The predicted octanol–water partition coefficient (Wildman–Crippen LogP) is 3.37. The molecule has 0 radical (unpaired) electrons. The van der Waals surface area contributed by atoms with Crippen molar-refractivity contribution >= 4 is 16.9 Å². The van der Waals surface area contributed by atoms with Gasteiger partial charge in [0, 0.05) is 24.6 Å². The third-order valence-corrected chi connectivity index (χ3v) is 5.47. The van der Waals surface area contributed by atoms with Gasteiger partial charge in [-0.05, 0) is 44.4 Å². The molecule has 0 spiro atoms. The summed E-state index contributed by atoms with van der Waals surface area (Å²) in [6.07, 6.45) is 5.30. The first-order valence-corrected chi connectivity index (χ1v) is 10.3. The zero-order valence-corrected chi connectivity index (χ0v) is 18.0. The standard InChI is InChI=1S/C23H27N5O2/c1-6-7-8-17-9-11-18(12-10-17)28-16(4)14-26-19-20(24-22(26)28)25(5)23(30)27(21(19)29)13-15(2)3/h9-12,14H,2,6-8,13H2,1,3-5H3. The van der Waals surface area contributed by atoms with Gasteiger partial charge in [-0.2, -0.15) is 4.98 Å². The molecule has 0 atom stereocenters. The molecule has 0 N–H and O–H groups in total. The maximum absolute atomic E-state index is 13.2. The number of rotatable bonds is 6. The van der Waals surface area contributed by atoms with E-state index in [4.69, 9.17) is 0 Å². The molecule has 0 bridgehead atoms. The molecule has 7 nitrogen and oxygen atoms in total. The Balaban J connectivity index is 1.95. The predicted molar refractivity (Wildman–Crippen MR) is 120 cm³/mol. The molecule has 4 rings (SSSR count). The highest BCUT2D eigenvalue weighted by Gasteiger charge is 2.20. The smallest absolute Gasteiger partial charge is 0.283 e. The third kappa shape index (κ3) is 3.10. The molecule has 1 aromatic carbocycles. The summed E-state index contributed by atoms with van der Waals surface area (Å²) in [6.45, 7) is 10.0. The van der Waals surface area contributed by atoms with Crippen molar-refractivity contribution in [2.75, 3.05) is 0 Å². The van der Waals surface area contributed by atoms with Gasteiger partial charge in [-0.3, -0.25) is 22.9 Å². The van der Waals surface area contributed by atoms with Gasteiger partial charge in [-0.25, -0.2) is 4.79 Å². The first-order valence-electron chi connectivity index (χ1n) is 10.3. The van der Waals surface area contributed by atoms with Crippen LogP contribution < -0.4 is 11.2 Å². The quantitative estimate of drug-likeness (QED) is 0.462. The fourth-order valence-corrected chi connectivity index (χ4v) is 3.93. The highest BCUT2D eigenvalue weighted by atomic mass is 16.2. The SMILES string of the molecule is C=C(C)Cn1c(=O)c2c(nc3n(-c4ccc(CCCC)cc4)c(C)cn23)n(C)c1=O. The second-order valence-electron chi connectivity index (χ2n) is 8.02. The molecule has 0 unspecified atom stereocenters. The maximum Gasteiger partial charge on any atom is 0.332 e. The lowest BCUT2D eigenvalue weighted by atomic mass is 10.1. The molecule has 7 heteroatoms. The molecule has 0 amide bonds. The number of benzene rings is 1. The number of imidazole rings is 2. The first-order chi connectivity index (χ1) is 14.3. The number of fused-ring (bicyclic) bond motifs is 3. The average Bonchev–Trinajstić information content (AvgIpc) is 3.23. The molecule has 0 fully saturated rings. The molecule has 3 aromatic heterocycles. The fraction of sp³-hybridized carbons (Fsp3) is 0.348. The van der Waals surface area contributed by atoms with E-state index in [1.807, 2.05) is 17.7 Å². The van der Waals surface area contributed by atoms with Crippen LogP contribution in [-0.4, -0.2) is 23.1 Å². The second kappa shape index (κ2) is 7.48. The van der Waals surface area contributed by atoms with Crippen molar-refractivity contribution in [1.29, 1.82) is 0 Å². The fourth-order valence-electron chi connectivity index (χ4n) is 3.93. The summed E-state index contributed by atoms with van der Waals surface area (Å²) in [5, 5.41) is 0. The highest BCUT2D eigenvalue weighted by molar-refractivity contribution is 5.76. The van der Waals surface area contributed by atoms with Crippen molar-refractivity contribution in [3.63, 3.8) is 0 Å². The lowest BCUT2D eigenvalue weighted by molar-refractivity contribution is 0.651. The first kappa shape index (κ1) is 19.9. The van der Waals surface area contributed by atoms with Gasteiger partial charge in [0.15, 0.2) is 11.2 Å². The lowest BCUT2D eigenvalue weighted by Gasteiger charge is -2.08. The van der Waals surface area contributed by atoms with E-state index >= 15 is 0 Å². The van der Waals surface area contributed by atoms with Crippen LogP contribution >= 0.6 is 0 Å². The lowest BCUT2D eigenvalue weighted by Crippen LogP contribution is -2.39. The average molecular weight is 406 g/mol. The normalized spacial score (nSPS) is 11.6. The van der Waals surface area contributed by atoms with E-state index < -0.39 is 0 Å². The van der Waals surface area contributed by atoms with E-state index in [1.165, 1.54) is 27.5 Å². The van der Waals surface area contributed by atoms with Gasteiger partial charge in [-0.1, -0.05) is 37.6 Å². The van der Waals surface area contributed by atoms with Crippen molar-refractivity contribution < 1.29 is 0 Å². The molecule has 0 aliphatic carbocycles. The van der Waals surface area contributed by atoms with E-state index in [-0.39, 0.29) is 17.8 Å². The Bertz CT molecular complexity index is 1380. The number of hydrogen-bond donors (Lipinski definition) is 0. The van der Waals surface area contributed by atoms with Crippen LogP contribution in [0.3, 0.4) is 0 Å². The van der Waals surface area contributed by atoms with Crippen molar-refractivity contribution in [3.05, 3.63) is 74.7 Å². The number of nitrogens with zero attached hydrogens (tertiary/aromatic N) is 5. The van der Waals surface area contributed by atoms with Gasteiger partial charge in [0.1, 0.15) is 0 Å². The van der Waals surface area contributed by atoms with Gasteiger partial charge in [-0.15, -0.1) is 0 Å². The van der Waals surface area contributed by atoms with Gasteiger partial charge < -0.3 is 0 Å². The molecule has 0 saturated heterocycles. The summed E-state index contributed by atoms with van der Waals surface area (Å²) >= 11 is 0. The second-order valence-corrected chi connectivity index (χ2v) is 8.02. The Kier molecular flexibility index (Phi) is 4.97. The number of aryl methyl sites for hydroxylation is 3. The van der Waals surface area contributed by atoms with E-state index in [2.05, 4.69) is 42.8 Å². The Labute approximate surface area is 174 Å². The Morgan fingerprint density at radius 3 is 2.50 bits per heavy atom. The van der Waals surface area contributed by atoms with Crippen LogP contribution in [0, 0.1) is 6.92 Å². The minimum absolute atomic E-state index is 0.188. The molecule has 0 aliphatic heterocycles. The Hall–Kier alpha value is -3.35. The summed E-state index contributed by atoms with van der Waals surface area (Å²) < 4.78 is 6.44. The largest absolute Gasteiger partial charge is 0.332 e. The zero-order valence-electron chi connectivity index (χ0n) is 18.0. The Morgan fingerprint density at radius 2 is 1.87 bits per heavy atom. The summed E-state index contributed by atoms with van der Waals surface area (Å²) in [4.78, 5) is 30.5. The van der Waals surface area contributed by atoms with Crippen LogP contribution in [0.2, 0.25) is 0 Å². The minimum Gasteiger partial charge on any atom is -0.283 e. The monoisotopic (exact) mass is 405 g/mol. The maximum atomic E-state index is 13.2. The summed E-state index contributed by atoms with van der Waals surface area (Å²) in [5.41, 5.74) is 4.02. The number of unbranched alkanes of at least 4 members (excludes halogenated alkanes) is 1. The van der Waals surface area contributed by atoms with E-state index in [0.29, 0.717) is 16.9 Å². The molecule has 4 aromatic rings. The molecular formula is C23H27N5O2. The van der Waals surface area contributed by atoms with Crippen molar-refractivity contribution in [2.24, 2.45) is 7.05 Å². The third-order valence-electron chi connectivity index (χ3n) is 5.47. The number of aromatic nitrogens is 5. The van der Waals surface area contributed by atoms with Gasteiger partial charge in [0.25, 0.3) is 5.56 Å². The molecule has 156 valence electrons. The zero-order chi connectivity index (χ0) is 21.6. The van der Waals surface area contributed by atoms with Gasteiger partial charge >= 0.3 is 5.69 Å².